The first kappa shape index (κ1) is 9.95. The van der Waals surface area contributed by atoms with Gasteiger partial charge in [0, 0.05) is 0 Å². The molecule has 1 aliphatic heterocycles. The molecule has 0 spiro atoms. The lowest BCUT2D eigenvalue weighted by Crippen LogP contribution is -2.45. The van der Waals surface area contributed by atoms with Gasteiger partial charge in [0.2, 0.25) is 0 Å². The van der Waals surface area contributed by atoms with Gasteiger partial charge in [0.05, 0.1) is 13.2 Å². The predicted octanol–water partition coefficient (Wildman–Crippen LogP) is 0.124. The Labute approximate surface area is 72.7 Å². The van der Waals surface area contributed by atoms with Crippen LogP contribution in [0.25, 0.3) is 0 Å². The summed E-state index contributed by atoms with van der Waals surface area (Å²) in [4.78, 5) is 0. The highest BCUT2D eigenvalue weighted by Gasteiger charge is 2.43. The number of aliphatic hydroxyl groups is 1. The minimum Gasteiger partial charge on any atom is -0.395 e. The van der Waals surface area contributed by atoms with Crippen molar-refractivity contribution >= 4 is 10.1 Å². The minimum absolute atomic E-state index is 0.228. The molecule has 5 heteroatoms. The van der Waals surface area contributed by atoms with Crippen LogP contribution in [0.5, 0.6) is 0 Å². The van der Waals surface area contributed by atoms with Gasteiger partial charge in [0.15, 0.2) is 0 Å². The Morgan fingerprint density at radius 2 is 2.17 bits per heavy atom. The van der Waals surface area contributed by atoms with Crippen molar-refractivity contribution in [1.29, 1.82) is 0 Å². The summed E-state index contributed by atoms with van der Waals surface area (Å²) in [6, 6.07) is 0. The van der Waals surface area contributed by atoms with Gasteiger partial charge in [-0.2, -0.15) is 8.42 Å². The van der Waals surface area contributed by atoms with Crippen LogP contribution in [-0.2, 0) is 14.3 Å². The molecule has 1 rings (SSSR count). The van der Waals surface area contributed by atoms with Gasteiger partial charge in [-0.15, -0.1) is 0 Å². The van der Waals surface area contributed by atoms with Crippen LogP contribution in [0.3, 0.4) is 0 Å². The van der Waals surface area contributed by atoms with E-state index >= 15 is 0 Å². The maximum atomic E-state index is 11.2. The van der Waals surface area contributed by atoms with E-state index in [1.54, 1.807) is 0 Å². The maximum Gasteiger partial charge on any atom is 0.273 e. The van der Waals surface area contributed by atoms with Gasteiger partial charge in [-0.05, 0) is 11.8 Å². The summed E-state index contributed by atoms with van der Waals surface area (Å²) in [5.41, 5.74) is -0.383. The van der Waals surface area contributed by atoms with Crippen molar-refractivity contribution < 1.29 is 17.7 Å². The molecule has 0 aliphatic carbocycles. The van der Waals surface area contributed by atoms with Crippen molar-refractivity contribution in [3.05, 3.63) is 0 Å². The Balaban J connectivity index is 2.97. The molecule has 0 bridgehead atoms. The summed E-state index contributed by atoms with van der Waals surface area (Å²) in [6.07, 6.45) is 0.664. The van der Waals surface area contributed by atoms with Crippen molar-refractivity contribution in [2.45, 2.75) is 25.5 Å². The molecule has 0 amide bonds. The number of hydrogen-bond donors (Lipinski definition) is 1. The maximum absolute atomic E-state index is 11.2. The molecule has 0 aromatic rings. The summed E-state index contributed by atoms with van der Waals surface area (Å²) in [5.74, 6) is 0. The largest absolute Gasteiger partial charge is 0.395 e. The predicted molar refractivity (Wildman–Crippen MR) is 44.1 cm³/mol. The molecule has 0 aromatic carbocycles. The van der Waals surface area contributed by atoms with E-state index in [0.29, 0.717) is 6.42 Å². The Morgan fingerprint density at radius 1 is 1.58 bits per heavy atom. The molecule has 0 radical (unpaired) electrons. The molecule has 72 valence electrons. The highest BCUT2D eigenvalue weighted by Crippen LogP contribution is 2.34. The lowest BCUT2D eigenvalue weighted by molar-refractivity contribution is 0.136. The van der Waals surface area contributed by atoms with Gasteiger partial charge in [0.25, 0.3) is 10.1 Å². The van der Waals surface area contributed by atoms with Gasteiger partial charge in [-0.1, -0.05) is 13.8 Å². The van der Waals surface area contributed by atoms with E-state index < -0.39 is 15.4 Å². The molecule has 1 N–H and O–H groups in total. The zero-order valence-electron chi connectivity index (χ0n) is 7.28. The van der Waals surface area contributed by atoms with E-state index in [-0.39, 0.29) is 18.6 Å². The van der Waals surface area contributed by atoms with Crippen LogP contribution >= 0.6 is 0 Å². The molecule has 0 saturated carbocycles. The van der Waals surface area contributed by atoms with Gasteiger partial charge in [-0.3, -0.25) is 4.18 Å². The summed E-state index contributed by atoms with van der Waals surface area (Å²) in [7, 11) is -3.53. The second kappa shape index (κ2) is 2.97. The molecule has 0 aromatic heterocycles. The number of aliphatic hydroxyl groups excluding tert-OH is 1. The molecule has 1 saturated heterocycles. The number of rotatable bonds is 1. The summed E-state index contributed by atoms with van der Waals surface area (Å²) in [5, 5.41) is 8.12. The summed E-state index contributed by atoms with van der Waals surface area (Å²) < 4.78 is 27.1. The zero-order chi connectivity index (χ0) is 9.41. The minimum atomic E-state index is -3.53. The van der Waals surface area contributed by atoms with Crippen molar-refractivity contribution in [2.24, 2.45) is 5.41 Å². The zero-order valence-corrected chi connectivity index (χ0v) is 8.10. The SMILES string of the molecule is CC1(C)CCOS(=O)(=O)C1CO. The third-order valence-corrected chi connectivity index (χ3v) is 4.36. The Bertz CT molecular complexity index is 255. The quantitative estimate of drug-likeness (QED) is 0.602. The fraction of sp³-hybridized carbons (Fsp3) is 1.00. The lowest BCUT2D eigenvalue weighted by Gasteiger charge is -2.35. The van der Waals surface area contributed by atoms with Gasteiger partial charge >= 0.3 is 0 Å². The van der Waals surface area contributed by atoms with E-state index in [4.69, 9.17) is 5.11 Å². The summed E-state index contributed by atoms with van der Waals surface area (Å²) in [6.45, 7) is 3.52. The smallest absolute Gasteiger partial charge is 0.273 e. The molecular weight excluding hydrogens is 180 g/mol. The Morgan fingerprint density at radius 3 is 2.50 bits per heavy atom. The Kier molecular flexibility index (Phi) is 2.47. The monoisotopic (exact) mass is 194 g/mol. The fourth-order valence-corrected chi connectivity index (χ4v) is 2.95. The molecule has 4 nitrogen and oxygen atoms in total. The topological polar surface area (TPSA) is 63.6 Å². The van der Waals surface area contributed by atoms with Crippen LogP contribution in [-0.4, -0.2) is 32.0 Å². The van der Waals surface area contributed by atoms with E-state index in [2.05, 4.69) is 4.18 Å². The highest BCUT2D eigenvalue weighted by atomic mass is 32.2. The van der Waals surface area contributed by atoms with Gasteiger partial charge in [-0.25, -0.2) is 0 Å². The van der Waals surface area contributed by atoms with Crippen molar-refractivity contribution in [1.82, 2.24) is 0 Å². The van der Waals surface area contributed by atoms with Crippen LogP contribution < -0.4 is 0 Å². The number of hydrogen-bond acceptors (Lipinski definition) is 4. The van der Waals surface area contributed by atoms with Crippen LogP contribution in [0.15, 0.2) is 0 Å². The van der Waals surface area contributed by atoms with Crippen molar-refractivity contribution in [3.63, 3.8) is 0 Å². The van der Waals surface area contributed by atoms with Crippen LogP contribution in [0.4, 0.5) is 0 Å². The van der Waals surface area contributed by atoms with E-state index in [1.165, 1.54) is 0 Å². The second-order valence-electron chi connectivity index (χ2n) is 3.72. The molecule has 1 unspecified atom stereocenters. The standard InChI is InChI=1S/C7H14O4S/c1-7(2)3-4-11-12(9,10)6(7)5-8/h6,8H,3-5H2,1-2H3. The van der Waals surface area contributed by atoms with Crippen LogP contribution in [0, 0.1) is 5.41 Å². The first-order chi connectivity index (χ1) is 5.40. The lowest BCUT2D eigenvalue weighted by atomic mass is 9.86. The second-order valence-corrected chi connectivity index (χ2v) is 5.51. The van der Waals surface area contributed by atoms with E-state index in [0.717, 1.165) is 0 Å². The van der Waals surface area contributed by atoms with Crippen LogP contribution in [0.1, 0.15) is 20.3 Å². The first-order valence-corrected chi connectivity index (χ1v) is 5.36. The van der Waals surface area contributed by atoms with E-state index in [1.807, 2.05) is 13.8 Å². The molecule has 1 heterocycles. The van der Waals surface area contributed by atoms with Crippen LogP contribution in [0.2, 0.25) is 0 Å². The molecule has 1 atom stereocenters. The highest BCUT2D eigenvalue weighted by molar-refractivity contribution is 7.87. The average Bonchev–Trinajstić information content (AvgIpc) is 1.83. The third kappa shape index (κ3) is 1.62. The van der Waals surface area contributed by atoms with Gasteiger partial charge in [0.1, 0.15) is 5.25 Å². The molecule has 1 aliphatic rings. The molecule has 12 heavy (non-hydrogen) atoms. The summed E-state index contributed by atoms with van der Waals surface area (Å²) >= 11 is 0. The Hall–Kier alpha value is -0.130. The third-order valence-electron chi connectivity index (χ3n) is 2.38. The van der Waals surface area contributed by atoms with E-state index in [9.17, 15) is 8.42 Å². The molecular formula is C7H14O4S. The normalized spacial score (nSPS) is 33.1. The van der Waals surface area contributed by atoms with Gasteiger partial charge < -0.3 is 5.11 Å². The first-order valence-electron chi connectivity index (χ1n) is 3.89. The van der Waals surface area contributed by atoms with Crippen molar-refractivity contribution in [2.75, 3.05) is 13.2 Å². The fourth-order valence-electron chi connectivity index (χ4n) is 1.39. The molecule has 1 fully saturated rings. The average molecular weight is 194 g/mol. The van der Waals surface area contributed by atoms with Crippen molar-refractivity contribution in [3.8, 4) is 0 Å².